The van der Waals surface area contributed by atoms with E-state index in [0.717, 1.165) is 10.7 Å². The zero-order valence-electron chi connectivity index (χ0n) is 8.68. The molecule has 0 spiro atoms. The number of fused-ring (bicyclic) bond motifs is 2. The molecule has 16 heavy (non-hydrogen) atoms. The predicted molar refractivity (Wildman–Crippen MR) is 71.5 cm³/mol. The molecule has 0 amide bonds. The van der Waals surface area contributed by atoms with E-state index in [0.29, 0.717) is 0 Å². The Bertz CT molecular complexity index is 688. The summed E-state index contributed by atoms with van der Waals surface area (Å²) in [4.78, 5) is 0. The van der Waals surface area contributed by atoms with Crippen molar-refractivity contribution in [3.8, 4) is 0 Å². The van der Waals surface area contributed by atoms with Gasteiger partial charge in [0.05, 0.1) is 8.46 Å². The van der Waals surface area contributed by atoms with Gasteiger partial charge >= 0.3 is 0 Å². The highest BCUT2D eigenvalue weighted by atomic mass is 31.1. The molecule has 0 radical (unpaired) electrons. The molecule has 1 nitrogen and oxygen atoms in total. The normalized spacial score (nSPS) is 11.8. The molecule has 3 aromatic carbocycles. The van der Waals surface area contributed by atoms with Gasteiger partial charge in [-0.2, -0.15) is 0 Å². The Labute approximate surface area is 94.9 Å². The smallest absolute Gasteiger partial charge is 0.0927 e. The minimum absolute atomic E-state index is 0.871. The highest BCUT2D eigenvalue weighted by Gasteiger charge is 2.00. The van der Waals surface area contributed by atoms with Gasteiger partial charge in [0, 0.05) is 5.30 Å². The zero-order chi connectivity index (χ0) is 11.0. The second-order valence-electron chi connectivity index (χ2n) is 3.89. The molecule has 0 heterocycles. The molecule has 0 aliphatic carbocycles. The molecule has 0 saturated carbocycles. The maximum atomic E-state index is 11.2. The van der Waals surface area contributed by atoms with Crippen LogP contribution in [0.25, 0.3) is 21.5 Å². The minimum atomic E-state index is -0.871. The average Bonchev–Trinajstić information content (AvgIpc) is 2.35. The summed E-state index contributed by atoms with van der Waals surface area (Å²) in [6.07, 6.45) is 0. The van der Waals surface area contributed by atoms with Gasteiger partial charge < -0.3 is 4.57 Å². The van der Waals surface area contributed by atoms with Crippen LogP contribution < -0.4 is 5.30 Å². The lowest BCUT2D eigenvalue weighted by Crippen LogP contribution is -1.92. The Kier molecular flexibility index (Phi) is 2.27. The van der Waals surface area contributed by atoms with E-state index in [1.54, 1.807) is 0 Å². The number of rotatable bonds is 1. The summed E-state index contributed by atoms with van der Waals surface area (Å²) in [7, 11) is -0.871. The fraction of sp³-hybridized carbons (Fsp3) is 0. The van der Waals surface area contributed by atoms with E-state index in [4.69, 9.17) is 0 Å². The number of hydrogen-bond donors (Lipinski definition) is 0. The largest absolute Gasteiger partial charge is 0.325 e. The zero-order valence-corrected chi connectivity index (χ0v) is 9.84. The molecule has 0 aliphatic rings. The van der Waals surface area contributed by atoms with Crippen LogP contribution in [-0.2, 0) is 4.57 Å². The van der Waals surface area contributed by atoms with Crippen molar-refractivity contribution in [2.45, 2.75) is 0 Å². The topological polar surface area (TPSA) is 17.1 Å². The monoisotopic (exact) mass is 226 g/mol. The molecule has 0 bridgehead atoms. The molecule has 1 atom stereocenters. The summed E-state index contributed by atoms with van der Waals surface area (Å²) in [5.74, 6) is 0. The standard InChI is InChI=1S/C14H11OP/c15-16-14-7-3-6-12-8-10-4-1-2-5-11(10)9-13(12)14/h1-9H,16H2. The van der Waals surface area contributed by atoms with E-state index in [9.17, 15) is 4.57 Å². The van der Waals surface area contributed by atoms with Gasteiger partial charge in [-0.25, -0.2) is 0 Å². The summed E-state index contributed by atoms with van der Waals surface area (Å²) in [5.41, 5.74) is 0. The molecule has 0 N–H and O–H groups in total. The van der Waals surface area contributed by atoms with Crippen LogP contribution >= 0.6 is 8.46 Å². The lowest BCUT2D eigenvalue weighted by Gasteiger charge is -2.04. The van der Waals surface area contributed by atoms with Crippen LogP contribution in [-0.4, -0.2) is 0 Å². The molecule has 0 fully saturated rings. The molecule has 3 rings (SSSR count). The summed E-state index contributed by atoms with van der Waals surface area (Å²) in [6.45, 7) is 0. The third-order valence-electron chi connectivity index (χ3n) is 2.91. The highest BCUT2D eigenvalue weighted by molar-refractivity contribution is 7.34. The first-order valence-corrected chi connectivity index (χ1v) is 6.30. The van der Waals surface area contributed by atoms with Crippen molar-refractivity contribution in [1.82, 2.24) is 0 Å². The van der Waals surface area contributed by atoms with E-state index < -0.39 is 8.46 Å². The Hall–Kier alpha value is -1.59. The van der Waals surface area contributed by atoms with Crippen molar-refractivity contribution < 1.29 is 4.57 Å². The van der Waals surface area contributed by atoms with E-state index in [-0.39, 0.29) is 0 Å². The van der Waals surface area contributed by atoms with E-state index in [1.165, 1.54) is 16.2 Å². The molecule has 1 unspecified atom stereocenters. The van der Waals surface area contributed by atoms with Crippen molar-refractivity contribution in [2.75, 3.05) is 0 Å². The molecule has 0 aromatic heterocycles. The lowest BCUT2D eigenvalue weighted by atomic mass is 10.0. The summed E-state index contributed by atoms with van der Waals surface area (Å²) in [6, 6.07) is 18.5. The van der Waals surface area contributed by atoms with Gasteiger partial charge in [-0.3, -0.25) is 0 Å². The maximum Gasteiger partial charge on any atom is 0.0927 e. The molecule has 2 heteroatoms. The Morgan fingerprint density at radius 3 is 2.19 bits per heavy atom. The highest BCUT2D eigenvalue weighted by Crippen LogP contribution is 2.22. The molecule has 0 aliphatic heterocycles. The van der Waals surface area contributed by atoms with Crippen LogP contribution in [0.1, 0.15) is 0 Å². The Morgan fingerprint density at radius 1 is 0.750 bits per heavy atom. The molecule has 78 valence electrons. The Morgan fingerprint density at radius 2 is 1.44 bits per heavy atom. The van der Waals surface area contributed by atoms with E-state index in [1.807, 2.05) is 24.3 Å². The Balaban J connectivity index is 2.51. The first-order valence-electron chi connectivity index (χ1n) is 5.25. The van der Waals surface area contributed by atoms with Crippen molar-refractivity contribution >= 4 is 35.3 Å². The summed E-state index contributed by atoms with van der Waals surface area (Å²) in [5, 5.41) is 5.68. The van der Waals surface area contributed by atoms with Crippen LogP contribution in [0.15, 0.2) is 54.6 Å². The minimum Gasteiger partial charge on any atom is -0.325 e. The van der Waals surface area contributed by atoms with Gasteiger partial charge in [-0.05, 0) is 33.7 Å². The number of benzene rings is 3. The SMILES string of the molecule is O=[PH2]c1cccc2cc3ccccc3cc12. The van der Waals surface area contributed by atoms with Crippen molar-refractivity contribution in [2.24, 2.45) is 0 Å². The third-order valence-corrected chi connectivity index (χ3v) is 3.66. The van der Waals surface area contributed by atoms with Gasteiger partial charge in [-0.1, -0.05) is 42.5 Å². The molecular formula is C14H11OP. The van der Waals surface area contributed by atoms with Crippen LogP contribution in [0, 0.1) is 0 Å². The van der Waals surface area contributed by atoms with Crippen LogP contribution in [0.3, 0.4) is 0 Å². The van der Waals surface area contributed by atoms with Crippen molar-refractivity contribution in [3.63, 3.8) is 0 Å². The fourth-order valence-electron chi connectivity index (χ4n) is 2.09. The van der Waals surface area contributed by atoms with E-state index >= 15 is 0 Å². The van der Waals surface area contributed by atoms with Crippen LogP contribution in [0.2, 0.25) is 0 Å². The molecule has 0 saturated heterocycles. The average molecular weight is 226 g/mol. The second-order valence-corrected chi connectivity index (χ2v) is 4.74. The fourth-order valence-corrected chi connectivity index (χ4v) is 2.66. The lowest BCUT2D eigenvalue weighted by molar-refractivity contribution is 0.603. The number of hydrogen-bond acceptors (Lipinski definition) is 1. The first kappa shape index (κ1) is 9.62. The third kappa shape index (κ3) is 1.45. The maximum absolute atomic E-state index is 11.2. The summed E-state index contributed by atoms with van der Waals surface area (Å²) >= 11 is 0. The van der Waals surface area contributed by atoms with Gasteiger partial charge in [0.25, 0.3) is 0 Å². The van der Waals surface area contributed by atoms with E-state index in [2.05, 4.69) is 30.3 Å². The molecular weight excluding hydrogens is 215 g/mol. The van der Waals surface area contributed by atoms with Crippen molar-refractivity contribution in [1.29, 1.82) is 0 Å². The quantitative estimate of drug-likeness (QED) is 0.459. The van der Waals surface area contributed by atoms with Gasteiger partial charge in [0.2, 0.25) is 0 Å². The van der Waals surface area contributed by atoms with Gasteiger partial charge in [-0.15, -0.1) is 0 Å². The van der Waals surface area contributed by atoms with Gasteiger partial charge in [0.1, 0.15) is 0 Å². The molecule has 3 aromatic rings. The second kappa shape index (κ2) is 3.77. The predicted octanol–water partition coefficient (Wildman–Crippen LogP) is 3.37. The van der Waals surface area contributed by atoms with Crippen LogP contribution in [0.4, 0.5) is 0 Å². The van der Waals surface area contributed by atoms with Gasteiger partial charge in [0.15, 0.2) is 0 Å². The first-order chi connectivity index (χ1) is 7.88. The van der Waals surface area contributed by atoms with Crippen molar-refractivity contribution in [3.05, 3.63) is 54.6 Å². The van der Waals surface area contributed by atoms with Crippen LogP contribution in [0.5, 0.6) is 0 Å². The summed E-state index contributed by atoms with van der Waals surface area (Å²) < 4.78 is 11.2.